The van der Waals surface area contributed by atoms with Gasteiger partial charge in [-0.05, 0) is 43.2 Å². The summed E-state index contributed by atoms with van der Waals surface area (Å²) in [6, 6.07) is 13.2. The number of aromatic amines is 1. The second kappa shape index (κ2) is 8.85. The first kappa shape index (κ1) is 21.0. The van der Waals surface area contributed by atoms with Crippen LogP contribution in [-0.2, 0) is 19.4 Å². The zero-order valence-electron chi connectivity index (χ0n) is 17.9. The molecule has 4 aromatic rings. The minimum Gasteiger partial charge on any atom is -0.495 e. The van der Waals surface area contributed by atoms with Crippen molar-refractivity contribution in [2.24, 2.45) is 7.05 Å². The minimum atomic E-state index is -0.0381. The van der Waals surface area contributed by atoms with Gasteiger partial charge in [-0.25, -0.2) is 0 Å². The Morgan fingerprint density at radius 1 is 1.10 bits per heavy atom. The number of rotatable bonds is 7. The van der Waals surface area contributed by atoms with Crippen LogP contribution in [0.4, 0.5) is 0 Å². The molecule has 0 bridgehead atoms. The van der Waals surface area contributed by atoms with Gasteiger partial charge >= 0.3 is 0 Å². The van der Waals surface area contributed by atoms with Crippen LogP contribution in [0.15, 0.2) is 52.4 Å². The van der Waals surface area contributed by atoms with Crippen LogP contribution < -0.4 is 14.9 Å². The van der Waals surface area contributed by atoms with Gasteiger partial charge in [0.05, 0.1) is 12.6 Å². The quantitative estimate of drug-likeness (QED) is 0.438. The lowest BCUT2D eigenvalue weighted by molar-refractivity contribution is 0.288. The molecule has 160 valence electrons. The van der Waals surface area contributed by atoms with Crippen LogP contribution in [-0.4, -0.2) is 26.9 Å². The van der Waals surface area contributed by atoms with Gasteiger partial charge in [-0.1, -0.05) is 30.0 Å². The molecule has 2 aromatic heterocycles. The summed E-state index contributed by atoms with van der Waals surface area (Å²) in [5, 5.41) is 9.91. The van der Waals surface area contributed by atoms with Crippen molar-refractivity contribution in [2.45, 2.75) is 31.4 Å². The number of methoxy groups -OCH3 is 1. The highest BCUT2D eigenvalue weighted by atomic mass is 32.2. The second-order valence-corrected chi connectivity index (χ2v) is 8.29. The predicted octanol–water partition coefficient (Wildman–Crippen LogP) is 4.15. The van der Waals surface area contributed by atoms with E-state index >= 15 is 0 Å². The Kier molecular flexibility index (Phi) is 5.99. The van der Waals surface area contributed by atoms with Crippen LogP contribution in [0.3, 0.4) is 0 Å². The van der Waals surface area contributed by atoms with E-state index in [0.717, 1.165) is 33.6 Å². The van der Waals surface area contributed by atoms with Crippen LogP contribution in [0.1, 0.15) is 22.6 Å². The molecule has 1 N–H and O–H groups in total. The molecule has 0 saturated carbocycles. The summed E-state index contributed by atoms with van der Waals surface area (Å²) < 4.78 is 13.3. The van der Waals surface area contributed by atoms with E-state index in [0.29, 0.717) is 29.0 Å². The van der Waals surface area contributed by atoms with Crippen LogP contribution in [0.2, 0.25) is 0 Å². The Bertz CT molecular complexity index is 1300. The first-order valence-electron chi connectivity index (χ1n) is 9.86. The third-order valence-corrected chi connectivity index (χ3v) is 6.15. The molecular formula is C23H24N4O3S. The molecule has 7 nitrogen and oxygen atoms in total. The lowest BCUT2D eigenvalue weighted by Crippen LogP contribution is -2.06. The normalized spacial score (nSPS) is 11.1. The van der Waals surface area contributed by atoms with Crippen molar-refractivity contribution in [2.75, 3.05) is 7.11 Å². The van der Waals surface area contributed by atoms with E-state index in [1.165, 1.54) is 11.8 Å². The molecule has 0 fully saturated rings. The first-order valence-corrected chi connectivity index (χ1v) is 10.8. The second-order valence-electron chi connectivity index (χ2n) is 7.35. The van der Waals surface area contributed by atoms with E-state index < -0.39 is 0 Å². The maximum atomic E-state index is 12.5. The molecular weight excluding hydrogens is 412 g/mol. The summed E-state index contributed by atoms with van der Waals surface area (Å²) in [4.78, 5) is 15.8. The van der Waals surface area contributed by atoms with Gasteiger partial charge in [0.15, 0.2) is 16.4 Å². The van der Waals surface area contributed by atoms with E-state index in [1.54, 1.807) is 19.2 Å². The zero-order chi connectivity index (χ0) is 22.0. The molecule has 0 unspecified atom stereocenters. The fourth-order valence-corrected chi connectivity index (χ4v) is 4.13. The average molecular weight is 437 g/mol. The van der Waals surface area contributed by atoms with Gasteiger partial charge in [0, 0.05) is 29.9 Å². The molecule has 0 aliphatic carbocycles. The number of benzene rings is 2. The summed E-state index contributed by atoms with van der Waals surface area (Å²) in [5.74, 6) is 2.77. The molecule has 0 atom stereocenters. The summed E-state index contributed by atoms with van der Waals surface area (Å²) in [6.45, 7) is 4.39. The Hall–Kier alpha value is -3.26. The van der Waals surface area contributed by atoms with Gasteiger partial charge in [0.25, 0.3) is 0 Å². The van der Waals surface area contributed by atoms with Gasteiger partial charge < -0.3 is 19.0 Å². The number of para-hydroxylation sites is 1. The van der Waals surface area contributed by atoms with Crippen molar-refractivity contribution < 1.29 is 9.47 Å². The topological polar surface area (TPSA) is 82.0 Å². The van der Waals surface area contributed by atoms with Crippen molar-refractivity contribution in [1.82, 2.24) is 19.7 Å². The number of aromatic nitrogens is 4. The van der Waals surface area contributed by atoms with E-state index in [9.17, 15) is 4.79 Å². The largest absolute Gasteiger partial charge is 0.495 e. The van der Waals surface area contributed by atoms with Gasteiger partial charge in [-0.15, -0.1) is 10.2 Å². The first-order chi connectivity index (χ1) is 15.0. The molecule has 31 heavy (non-hydrogen) atoms. The summed E-state index contributed by atoms with van der Waals surface area (Å²) >= 11 is 1.50. The molecule has 0 saturated heterocycles. The van der Waals surface area contributed by atoms with Crippen molar-refractivity contribution in [1.29, 1.82) is 0 Å². The monoisotopic (exact) mass is 436 g/mol. The number of nitrogens with zero attached hydrogens (tertiary/aromatic N) is 3. The maximum absolute atomic E-state index is 12.5. The van der Waals surface area contributed by atoms with E-state index in [4.69, 9.17) is 9.47 Å². The van der Waals surface area contributed by atoms with Crippen LogP contribution in [0.25, 0.3) is 10.9 Å². The van der Waals surface area contributed by atoms with Crippen molar-refractivity contribution in [3.63, 3.8) is 0 Å². The standard InChI is InChI=1S/C23H24N4O3S/c1-14-8-9-15(2)20(10-14)30-12-21-25-26-23(27(21)3)31-13-16-11-18(28)17-6-5-7-19(29-4)22(17)24-16/h5-11H,12-13H2,1-4H3,(H,24,28). The Morgan fingerprint density at radius 3 is 2.74 bits per heavy atom. The lowest BCUT2D eigenvalue weighted by atomic mass is 10.1. The smallest absolute Gasteiger partial charge is 0.191 e. The van der Waals surface area contributed by atoms with Gasteiger partial charge in [0.1, 0.15) is 18.1 Å². The number of pyridine rings is 1. The lowest BCUT2D eigenvalue weighted by Gasteiger charge is -2.10. The third-order valence-electron chi connectivity index (χ3n) is 5.08. The fourth-order valence-electron chi connectivity index (χ4n) is 3.29. The highest BCUT2D eigenvalue weighted by Gasteiger charge is 2.12. The number of hydrogen-bond donors (Lipinski definition) is 1. The van der Waals surface area contributed by atoms with E-state index in [2.05, 4.69) is 21.2 Å². The van der Waals surface area contributed by atoms with Gasteiger partial charge in [-0.2, -0.15) is 0 Å². The molecule has 0 amide bonds. The number of nitrogens with one attached hydrogen (secondary N) is 1. The highest BCUT2D eigenvalue weighted by Crippen LogP contribution is 2.25. The Labute approximate surface area is 184 Å². The van der Waals surface area contributed by atoms with Gasteiger partial charge in [-0.3, -0.25) is 4.79 Å². The summed E-state index contributed by atoms with van der Waals surface area (Å²) in [7, 11) is 3.51. The minimum absolute atomic E-state index is 0.0381. The third kappa shape index (κ3) is 4.44. The van der Waals surface area contributed by atoms with E-state index in [1.807, 2.05) is 49.7 Å². The number of ether oxygens (including phenoxy) is 2. The van der Waals surface area contributed by atoms with Gasteiger partial charge in [0.2, 0.25) is 0 Å². The molecule has 4 rings (SSSR count). The number of hydrogen-bond acceptors (Lipinski definition) is 6. The number of fused-ring (bicyclic) bond motifs is 1. The van der Waals surface area contributed by atoms with Crippen molar-refractivity contribution in [3.8, 4) is 11.5 Å². The zero-order valence-corrected chi connectivity index (χ0v) is 18.7. The number of thioether (sulfide) groups is 1. The molecule has 8 heteroatoms. The average Bonchev–Trinajstić information content (AvgIpc) is 3.12. The van der Waals surface area contributed by atoms with Crippen LogP contribution >= 0.6 is 11.8 Å². The summed E-state index contributed by atoms with van der Waals surface area (Å²) in [6.07, 6.45) is 0. The molecule has 0 spiro atoms. The van der Waals surface area contributed by atoms with Crippen molar-refractivity contribution >= 4 is 22.7 Å². The molecule has 2 heterocycles. The maximum Gasteiger partial charge on any atom is 0.191 e. The molecule has 0 aliphatic heterocycles. The van der Waals surface area contributed by atoms with E-state index in [-0.39, 0.29) is 5.43 Å². The summed E-state index contributed by atoms with van der Waals surface area (Å²) in [5.41, 5.74) is 3.69. The Morgan fingerprint density at radius 2 is 1.94 bits per heavy atom. The van der Waals surface area contributed by atoms with Crippen molar-refractivity contribution in [3.05, 3.63) is 75.3 Å². The molecule has 2 aromatic carbocycles. The Balaban J connectivity index is 1.48. The molecule has 0 radical (unpaired) electrons. The van der Waals surface area contributed by atoms with Crippen LogP contribution in [0.5, 0.6) is 11.5 Å². The van der Waals surface area contributed by atoms with Crippen LogP contribution in [0, 0.1) is 13.8 Å². The SMILES string of the molecule is COc1cccc2c(=O)cc(CSc3nnc(COc4cc(C)ccc4C)n3C)[nH]c12. The fraction of sp³-hybridized carbons (Fsp3) is 0.261. The molecule has 0 aliphatic rings. The number of aryl methyl sites for hydroxylation is 2. The number of H-pyrrole nitrogens is 1. The highest BCUT2D eigenvalue weighted by molar-refractivity contribution is 7.98. The predicted molar refractivity (Wildman–Crippen MR) is 122 cm³/mol.